The first-order valence-corrected chi connectivity index (χ1v) is 8.14. The Balaban J connectivity index is 2.21. The quantitative estimate of drug-likeness (QED) is 0.796. The lowest BCUT2D eigenvalue weighted by Crippen LogP contribution is -2.58. The molecular formula is C16H28N2O3. The van der Waals surface area contributed by atoms with E-state index in [1.54, 1.807) is 0 Å². The Hall–Kier alpha value is -1.10. The van der Waals surface area contributed by atoms with Gasteiger partial charge in [-0.25, -0.2) is 0 Å². The molecule has 120 valence electrons. The third-order valence-electron chi connectivity index (χ3n) is 4.63. The van der Waals surface area contributed by atoms with Crippen LogP contribution in [0.25, 0.3) is 0 Å². The van der Waals surface area contributed by atoms with Gasteiger partial charge in [-0.1, -0.05) is 13.8 Å². The SMILES string of the molecule is CCN1C(=O)CCN(C(=O)CC(C)C)CC12CCOCC2. The van der Waals surface area contributed by atoms with Crippen LogP contribution in [0, 0.1) is 5.92 Å². The number of ether oxygens (including phenoxy) is 1. The van der Waals surface area contributed by atoms with E-state index < -0.39 is 0 Å². The van der Waals surface area contributed by atoms with E-state index in [0.29, 0.717) is 51.6 Å². The average molecular weight is 296 g/mol. The molecule has 2 aliphatic rings. The van der Waals surface area contributed by atoms with Gasteiger partial charge in [-0.15, -0.1) is 0 Å². The smallest absolute Gasteiger partial charge is 0.224 e. The molecule has 0 aromatic rings. The second kappa shape index (κ2) is 6.77. The third-order valence-corrected chi connectivity index (χ3v) is 4.63. The Kier molecular flexibility index (Phi) is 5.25. The summed E-state index contributed by atoms with van der Waals surface area (Å²) in [5.74, 6) is 0.713. The summed E-state index contributed by atoms with van der Waals surface area (Å²) < 4.78 is 5.48. The van der Waals surface area contributed by atoms with Crippen LogP contribution in [0.2, 0.25) is 0 Å². The molecule has 0 atom stereocenters. The summed E-state index contributed by atoms with van der Waals surface area (Å²) in [4.78, 5) is 28.8. The van der Waals surface area contributed by atoms with Gasteiger partial charge in [0, 0.05) is 45.7 Å². The minimum absolute atomic E-state index is 0.180. The van der Waals surface area contributed by atoms with Gasteiger partial charge in [0.05, 0.1) is 5.54 Å². The fourth-order valence-electron chi connectivity index (χ4n) is 3.53. The largest absolute Gasteiger partial charge is 0.381 e. The van der Waals surface area contributed by atoms with Crippen molar-refractivity contribution in [3.63, 3.8) is 0 Å². The molecule has 2 fully saturated rings. The van der Waals surface area contributed by atoms with E-state index in [2.05, 4.69) is 13.8 Å². The van der Waals surface area contributed by atoms with E-state index >= 15 is 0 Å². The molecule has 0 radical (unpaired) electrons. The summed E-state index contributed by atoms with van der Waals surface area (Å²) in [6.45, 7) is 9.44. The number of carbonyl (C=O) groups excluding carboxylic acids is 2. The molecule has 2 saturated heterocycles. The lowest BCUT2D eigenvalue weighted by atomic mass is 9.87. The van der Waals surface area contributed by atoms with Crippen molar-refractivity contribution in [3.8, 4) is 0 Å². The summed E-state index contributed by atoms with van der Waals surface area (Å²) in [6, 6.07) is 0. The van der Waals surface area contributed by atoms with Crippen LogP contribution in [0.3, 0.4) is 0 Å². The van der Waals surface area contributed by atoms with Gasteiger partial charge >= 0.3 is 0 Å². The Morgan fingerprint density at radius 3 is 2.57 bits per heavy atom. The molecule has 0 aromatic carbocycles. The van der Waals surface area contributed by atoms with E-state index in [1.807, 2.05) is 16.7 Å². The van der Waals surface area contributed by atoms with Crippen LogP contribution >= 0.6 is 0 Å². The monoisotopic (exact) mass is 296 g/mol. The zero-order valence-electron chi connectivity index (χ0n) is 13.6. The number of likely N-dealkylation sites (N-methyl/N-ethyl adjacent to an activating group) is 1. The third kappa shape index (κ3) is 3.57. The highest BCUT2D eigenvalue weighted by atomic mass is 16.5. The van der Waals surface area contributed by atoms with Crippen molar-refractivity contribution >= 4 is 11.8 Å². The fraction of sp³-hybridized carbons (Fsp3) is 0.875. The molecule has 0 N–H and O–H groups in total. The number of rotatable bonds is 3. The van der Waals surface area contributed by atoms with Crippen LogP contribution in [-0.2, 0) is 14.3 Å². The predicted molar refractivity (Wildman–Crippen MR) is 80.8 cm³/mol. The number of hydrogen-bond donors (Lipinski definition) is 0. The average Bonchev–Trinajstić information content (AvgIpc) is 2.56. The van der Waals surface area contributed by atoms with Crippen LogP contribution in [-0.4, -0.2) is 60.0 Å². The molecule has 2 aliphatic heterocycles. The van der Waals surface area contributed by atoms with Crippen molar-refractivity contribution in [1.82, 2.24) is 9.80 Å². The summed E-state index contributed by atoms with van der Waals surface area (Å²) in [5.41, 5.74) is -0.215. The van der Waals surface area contributed by atoms with Crippen molar-refractivity contribution in [2.24, 2.45) is 5.92 Å². The maximum atomic E-state index is 12.5. The topological polar surface area (TPSA) is 49.9 Å². The van der Waals surface area contributed by atoms with E-state index in [4.69, 9.17) is 4.74 Å². The standard InChI is InChI=1S/C16H28N2O3/c1-4-18-14(19)5-8-17(15(20)11-13(2)3)12-16(18)6-9-21-10-7-16/h13H,4-12H2,1-3H3. The van der Waals surface area contributed by atoms with Crippen LogP contribution in [0.15, 0.2) is 0 Å². The van der Waals surface area contributed by atoms with Crippen LogP contribution in [0.4, 0.5) is 0 Å². The van der Waals surface area contributed by atoms with E-state index in [9.17, 15) is 9.59 Å². The second-order valence-electron chi connectivity index (χ2n) is 6.64. The number of nitrogens with zero attached hydrogens (tertiary/aromatic N) is 2. The highest BCUT2D eigenvalue weighted by Gasteiger charge is 2.44. The summed E-state index contributed by atoms with van der Waals surface area (Å²) in [5, 5.41) is 0. The highest BCUT2D eigenvalue weighted by molar-refractivity contribution is 5.81. The number of carbonyl (C=O) groups is 2. The summed E-state index contributed by atoms with van der Waals surface area (Å²) in [6.07, 6.45) is 2.67. The lowest BCUT2D eigenvalue weighted by Gasteiger charge is -2.46. The maximum Gasteiger partial charge on any atom is 0.224 e. The zero-order chi connectivity index (χ0) is 15.5. The first-order chi connectivity index (χ1) is 9.98. The Morgan fingerprint density at radius 2 is 2.00 bits per heavy atom. The van der Waals surface area contributed by atoms with Crippen molar-refractivity contribution < 1.29 is 14.3 Å². The van der Waals surface area contributed by atoms with Crippen LogP contribution in [0.5, 0.6) is 0 Å². The molecule has 1 spiro atoms. The second-order valence-corrected chi connectivity index (χ2v) is 6.64. The molecule has 5 nitrogen and oxygen atoms in total. The highest BCUT2D eigenvalue weighted by Crippen LogP contribution is 2.32. The molecule has 0 unspecified atom stereocenters. The predicted octanol–water partition coefficient (Wildman–Crippen LogP) is 1.66. The van der Waals surface area contributed by atoms with Crippen LogP contribution in [0.1, 0.15) is 46.5 Å². The van der Waals surface area contributed by atoms with Crippen molar-refractivity contribution in [2.45, 2.75) is 52.0 Å². The van der Waals surface area contributed by atoms with Gasteiger partial charge in [0.25, 0.3) is 0 Å². The van der Waals surface area contributed by atoms with Gasteiger partial charge < -0.3 is 14.5 Å². The normalized spacial score (nSPS) is 22.8. The van der Waals surface area contributed by atoms with E-state index in [-0.39, 0.29) is 17.4 Å². The molecule has 2 amide bonds. The molecule has 0 aromatic heterocycles. The molecule has 2 rings (SSSR count). The van der Waals surface area contributed by atoms with Gasteiger partial charge in [-0.3, -0.25) is 9.59 Å². The molecule has 0 bridgehead atoms. The molecular weight excluding hydrogens is 268 g/mol. The van der Waals surface area contributed by atoms with E-state index in [1.165, 1.54) is 0 Å². The number of hydrogen-bond acceptors (Lipinski definition) is 3. The van der Waals surface area contributed by atoms with Gasteiger partial charge in [0.1, 0.15) is 0 Å². The summed E-state index contributed by atoms with van der Waals surface area (Å²) >= 11 is 0. The van der Waals surface area contributed by atoms with Crippen LogP contribution < -0.4 is 0 Å². The van der Waals surface area contributed by atoms with Gasteiger partial charge in [0.2, 0.25) is 11.8 Å². The Labute approximate surface area is 127 Å². The first kappa shape index (κ1) is 16.3. The molecule has 5 heteroatoms. The minimum atomic E-state index is -0.215. The fourth-order valence-corrected chi connectivity index (χ4v) is 3.53. The summed E-state index contributed by atoms with van der Waals surface area (Å²) in [7, 11) is 0. The molecule has 0 saturated carbocycles. The van der Waals surface area contributed by atoms with Gasteiger partial charge in [-0.05, 0) is 25.7 Å². The van der Waals surface area contributed by atoms with Crippen molar-refractivity contribution in [1.29, 1.82) is 0 Å². The Bertz CT molecular complexity index is 389. The van der Waals surface area contributed by atoms with E-state index in [0.717, 1.165) is 12.8 Å². The van der Waals surface area contributed by atoms with Gasteiger partial charge in [-0.2, -0.15) is 0 Å². The minimum Gasteiger partial charge on any atom is -0.381 e. The number of amides is 2. The molecule has 21 heavy (non-hydrogen) atoms. The molecule has 2 heterocycles. The molecule has 0 aliphatic carbocycles. The first-order valence-electron chi connectivity index (χ1n) is 8.14. The zero-order valence-corrected chi connectivity index (χ0v) is 13.6. The Morgan fingerprint density at radius 1 is 1.33 bits per heavy atom. The lowest BCUT2D eigenvalue weighted by molar-refractivity contribution is -0.142. The van der Waals surface area contributed by atoms with Gasteiger partial charge in [0.15, 0.2) is 0 Å². The van der Waals surface area contributed by atoms with Crippen molar-refractivity contribution in [3.05, 3.63) is 0 Å². The van der Waals surface area contributed by atoms with Crippen molar-refractivity contribution in [2.75, 3.05) is 32.8 Å². The maximum absolute atomic E-state index is 12.5.